The van der Waals surface area contributed by atoms with Gasteiger partial charge in [0.15, 0.2) is 0 Å². The van der Waals surface area contributed by atoms with Gasteiger partial charge in [0.2, 0.25) is 5.91 Å². The molecular weight excluding hydrogens is 188 g/mol. The molecular formula is C12H18N2O. The van der Waals surface area contributed by atoms with Crippen LogP contribution in [0.1, 0.15) is 18.4 Å². The summed E-state index contributed by atoms with van der Waals surface area (Å²) in [6.07, 6.45) is 1.48. The van der Waals surface area contributed by atoms with Crippen molar-refractivity contribution >= 4 is 5.91 Å². The van der Waals surface area contributed by atoms with Crippen molar-refractivity contribution in [3.05, 3.63) is 35.9 Å². The smallest absolute Gasteiger partial charge is 0.220 e. The van der Waals surface area contributed by atoms with E-state index in [-0.39, 0.29) is 5.91 Å². The van der Waals surface area contributed by atoms with E-state index in [0.29, 0.717) is 13.0 Å². The van der Waals surface area contributed by atoms with E-state index in [1.807, 2.05) is 37.4 Å². The largest absolute Gasteiger partial charge is 0.352 e. The van der Waals surface area contributed by atoms with E-state index < -0.39 is 0 Å². The second-order valence-corrected chi connectivity index (χ2v) is 3.47. The molecule has 0 aromatic heterocycles. The molecule has 2 N–H and O–H groups in total. The monoisotopic (exact) mass is 206 g/mol. The van der Waals surface area contributed by atoms with E-state index in [4.69, 9.17) is 0 Å². The number of carbonyl (C=O) groups is 1. The first-order valence-corrected chi connectivity index (χ1v) is 5.28. The topological polar surface area (TPSA) is 41.1 Å². The molecule has 82 valence electrons. The second kappa shape index (κ2) is 7.01. The summed E-state index contributed by atoms with van der Waals surface area (Å²) in [4.78, 5) is 11.4. The minimum absolute atomic E-state index is 0.120. The van der Waals surface area contributed by atoms with E-state index in [0.717, 1.165) is 18.5 Å². The second-order valence-electron chi connectivity index (χ2n) is 3.47. The molecule has 0 heterocycles. The van der Waals surface area contributed by atoms with E-state index in [1.165, 1.54) is 0 Å². The average molecular weight is 206 g/mol. The zero-order valence-electron chi connectivity index (χ0n) is 9.12. The summed E-state index contributed by atoms with van der Waals surface area (Å²) in [6, 6.07) is 9.94. The first-order chi connectivity index (χ1) is 7.33. The molecule has 0 atom stereocenters. The molecule has 3 nitrogen and oxygen atoms in total. The van der Waals surface area contributed by atoms with Gasteiger partial charge in [0.05, 0.1) is 0 Å². The summed E-state index contributed by atoms with van der Waals surface area (Å²) in [7, 11) is 1.89. The highest BCUT2D eigenvalue weighted by atomic mass is 16.1. The Morgan fingerprint density at radius 1 is 1.27 bits per heavy atom. The van der Waals surface area contributed by atoms with Gasteiger partial charge in [0.1, 0.15) is 0 Å². The predicted octanol–water partition coefficient (Wildman–Crippen LogP) is 1.30. The predicted molar refractivity (Wildman–Crippen MR) is 61.4 cm³/mol. The van der Waals surface area contributed by atoms with E-state index in [2.05, 4.69) is 10.6 Å². The standard InChI is InChI=1S/C12H18N2O/c1-13-9-5-8-12(15)14-10-11-6-3-2-4-7-11/h2-4,6-7,13H,5,8-10H2,1H3,(H,14,15). The van der Waals surface area contributed by atoms with Crippen LogP contribution < -0.4 is 10.6 Å². The molecule has 3 heteroatoms. The summed E-state index contributed by atoms with van der Waals surface area (Å²) < 4.78 is 0. The Balaban J connectivity index is 2.17. The molecule has 1 aromatic carbocycles. The summed E-state index contributed by atoms with van der Waals surface area (Å²) in [5.41, 5.74) is 1.14. The molecule has 0 spiro atoms. The van der Waals surface area contributed by atoms with Crippen LogP contribution in [0.3, 0.4) is 0 Å². The van der Waals surface area contributed by atoms with Crippen LogP contribution in [-0.4, -0.2) is 19.5 Å². The maximum atomic E-state index is 11.4. The first-order valence-electron chi connectivity index (χ1n) is 5.28. The Bertz CT molecular complexity index is 285. The summed E-state index contributed by atoms with van der Waals surface area (Å²) >= 11 is 0. The molecule has 0 radical (unpaired) electrons. The van der Waals surface area contributed by atoms with Crippen LogP contribution in [0.25, 0.3) is 0 Å². The fourth-order valence-corrected chi connectivity index (χ4v) is 1.31. The van der Waals surface area contributed by atoms with Gasteiger partial charge in [-0.25, -0.2) is 0 Å². The van der Waals surface area contributed by atoms with Crippen LogP contribution in [-0.2, 0) is 11.3 Å². The summed E-state index contributed by atoms with van der Waals surface area (Å²) in [5.74, 6) is 0.120. The molecule has 15 heavy (non-hydrogen) atoms. The zero-order valence-corrected chi connectivity index (χ0v) is 9.12. The molecule has 0 aliphatic carbocycles. The van der Waals surface area contributed by atoms with Gasteiger partial charge in [-0.2, -0.15) is 0 Å². The number of amides is 1. The zero-order chi connectivity index (χ0) is 10.9. The Morgan fingerprint density at radius 2 is 2.00 bits per heavy atom. The molecule has 0 aliphatic heterocycles. The first kappa shape index (κ1) is 11.7. The summed E-state index contributed by atoms with van der Waals surface area (Å²) in [6.45, 7) is 1.51. The van der Waals surface area contributed by atoms with E-state index in [1.54, 1.807) is 0 Å². The van der Waals surface area contributed by atoms with Crippen molar-refractivity contribution in [2.24, 2.45) is 0 Å². The van der Waals surface area contributed by atoms with Crippen molar-refractivity contribution in [1.29, 1.82) is 0 Å². The molecule has 0 bridgehead atoms. The van der Waals surface area contributed by atoms with E-state index in [9.17, 15) is 4.79 Å². The lowest BCUT2D eigenvalue weighted by Gasteiger charge is -2.04. The SMILES string of the molecule is CNCCCC(=O)NCc1ccccc1. The fraction of sp³-hybridized carbons (Fsp3) is 0.417. The van der Waals surface area contributed by atoms with Crippen LogP contribution in [0.4, 0.5) is 0 Å². The van der Waals surface area contributed by atoms with Crippen molar-refractivity contribution in [3.63, 3.8) is 0 Å². The minimum atomic E-state index is 0.120. The highest BCUT2D eigenvalue weighted by molar-refractivity contribution is 5.75. The summed E-state index contributed by atoms with van der Waals surface area (Å²) in [5, 5.41) is 5.91. The van der Waals surface area contributed by atoms with E-state index >= 15 is 0 Å². The van der Waals surface area contributed by atoms with Gasteiger partial charge in [-0.05, 0) is 25.6 Å². The van der Waals surface area contributed by atoms with Gasteiger partial charge < -0.3 is 10.6 Å². The molecule has 1 amide bonds. The Hall–Kier alpha value is -1.35. The third-order valence-electron chi connectivity index (χ3n) is 2.16. The highest BCUT2D eigenvalue weighted by Gasteiger charge is 1.99. The highest BCUT2D eigenvalue weighted by Crippen LogP contribution is 1.97. The third kappa shape index (κ3) is 5.18. The van der Waals surface area contributed by atoms with Crippen molar-refractivity contribution in [2.75, 3.05) is 13.6 Å². The Kier molecular flexibility index (Phi) is 5.48. The van der Waals surface area contributed by atoms with Gasteiger partial charge in [0, 0.05) is 13.0 Å². The number of hydrogen-bond acceptors (Lipinski definition) is 2. The van der Waals surface area contributed by atoms with Crippen LogP contribution >= 0.6 is 0 Å². The average Bonchev–Trinajstić information content (AvgIpc) is 2.28. The van der Waals surface area contributed by atoms with Gasteiger partial charge >= 0.3 is 0 Å². The maximum Gasteiger partial charge on any atom is 0.220 e. The molecule has 0 saturated carbocycles. The molecule has 0 aliphatic rings. The van der Waals surface area contributed by atoms with Gasteiger partial charge in [-0.15, -0.1) is 0 Å². The maximum absolute atomic E-state index is 11.4. The molecule has 0 fully saturated rings. The number of rotatable bonds is 6. The lowest BCUT2D eigenvalue weighted by molar-refractivity contribution is -0.121. The van der Waals surface area contributed by atoms with Crippen LogP contribution in [0.2, 0.25) is 0 Å². The number of hydrogen-bond donors (Lipinski definition) is 2. The fourth-order valence-electron chi connectivity index (χ4n) is 1.31. The van der Waals surface area contributed by atoms with Crippen molar-refractivity contribution in [2.45, 2.75) is 19.4 Å². The Labute approximate surface area is 90.9 Å². The molecule has 0 saturated heterocycles. The van der Waals surface area contributed by atoms with Crippen molar-refractivity contribution in [3.8, 4) is 0 Å². The minimum Gasteiger partial charge on any atom is -0.352 e. The van der Waals surface area contributed by atoms with Gasteiger partial charge in [0.25, 0.3) is 0 Å². The van der Waals surface area contributed by atoms with Crippen molar-refractivity contribution in [1.82, 2.24) is 10.6 Å². The van der Waals surface area contributed by atoms with Crippen LogP contribution in [0.5, 0.6) is 0 Å². The number of carbonyl (C=O) groups excluding carboxylic acids is 1. The molecule has 1 rings (SSSR count). The lowest BCUT2D eigenvalue weighted by Crippen LogP contribution is -2.23. The normalized spacial score (nSPS) is 9.93. The molecule has 0 unspecified atom stereocenters. The van der Waals surface area contributed by atoms with Crippen LogP contribution in [0, 0.1) is 0 Å². The lowest BCUT2D eigenvalue weighted by atomic mass is 10.2. The van der Waals surface area contributed by atoms with Crippen molar-refractivity contribution < 1.29 is 4.79 Å². The quantitative estimate of drug-likeness (QED) is 0.689. The van der Waals surface area contributed by atoms with Gasteiger partial charge in [-0.1, -0.05) is 30.3 Å². The van der Waals surface area contributed by atoms with Gasteiger partial charge in [-0.3, -0.25) is 4.79 Å². The third-order valence-corrected chi connectivity index (χ3v) is 2.16. The number of benzene rings is 1. The molecule has 1 aromatic rings. The van der Waals surface area contributed by atoms with Crippen LogP contribution in [0.15, 0.2) is 30.3 Å². The Morgan fingerprint density at radius 3 is 2.67 bits per heavy atom. The number of nitrogens with one attached hydrogen (secondary N) is 2.